The Bertz CT molecular complexity index is 1010. The summed E-state index contributed by atoms with van der Waals surface area (Å²) >= 11 is 0. The molecule has 2 aliphatic rings. The average Bonchev–Trinajstić information content (AvgIpc) is 2.82. The highest BCUT2D eigenvalue weighted by atomic mass is 16.5. The molecule has 0 saturated carbocycles. The van der Waals surface area contributed by atoms with Crippen LogP contribution in [0.1, 0.15) is 22.6 Å². The van der Waals surface area contributed by atoms with Gasteiger partial charge in [0.1, 0.15) is 37.2 Å². The van der Waals surface area contributed by atoms with Crippen molar-refractivity contribution in [2.24, 2.45) is 0 Å². The molecular formula is C26H27N2O3+. The van der Waals surface area contributed by atoms with Crippen LogP contribution in [0, 0.1) is 0 Å². The van der Waals surface area contributed by atoms with Crippen LogP contribution in [0.2, 0.25) is 0 Å². The molecule has 158 valence electrons. The van der Waals surface area contributed by atoms with E-state index in [1.54, 1.807) is 0 Å². The number of hydrogen-bond donors (Lipinski definition) is 2. The quantitative estimate of drug-likeness (QED) is 0.673. The van der Waals surface area contributed by atoms with Gasteiger partial charge in [0, 0.05) is 23.2 Å². The van der Waals surface area contributed by atoms with Gasteiger partial charge in [-0.2, -0.15) is 0 Å². The number of fused-ring (bicyclic) bond motifs is 2. The molecular weight excluding hydrogens is 388 g/mol. The van der Waals surface area contributed by atoms with Crippen LogP contribution in [-0.2, 0) is 16.1 Å². The Balaban J connectivity index is 1.26. The number of para-hydroxylation sites is 2. The van der Waals surface area contributed by atoms with Gasteiger partial charge in [0.15, 0.2) is 0 Å². The summed E-state index contributed by atoms with van der Waals surface area (Å²) in [5.74, 6) is 1.10. The van der Waals surface area contributed by atoms with Gasteiger partial charge in [0.25, 0.3) is 0 Å². The zero-order valence-electron chi connectivity index (χ0n) is 17.4. The fourth-order valence-corrected chi connectivity index (χ4v) is 4.54. The number of nitrogens with one attached hydrogen (secondary N) is 2. The molecule has 2 atom stereocenters. The largest absolute Gasteiger partial charge is 0.457 e. The van der Waals surface area contributed by atoms with E-state index in [1.165, 1.54) is 10.5 Å². The number of hydrogen-bond acceptors (Lipinski definition) is 3. The Hall–Kier alpha value is -3.15. The molecule has 0 bridgehead atoms. The van der Waals surface area contributed by atoms with Gasteiger partial charge in [-0.3, -0.25) is 4.79 Å². The highest BCUT2D eigenvalue weighted by Crippen LogP contribution is 2.43. The van der Waals surface area contributed by atoms with E-state index < -0.39 is 0 Å². The molecule has 5 heteroatoms. The predicted octanol–water partition coefficient (Wildman–Crippen LogP) is 2.52. The van der Waals surface area contributed by atoms with Gasteiger partial charge in [-0.1, -0.05) is 66.7 Å². The van der Waals surface area contributed by atoms with Crippen LogP contribution in [0.15, 0.2) is 78.9 Å². The maximum Gasteiger partial charge on any atom is 0.232 e. The van der Waals surface area contributed by atoms with Gasteiger partial charge in [-0.25, -0.2) is 0 Å². The topological polar surface area (TPSA) is 52.0 Å². The lowest BCUT2D eigenvalue weighted by Crippen LogP contribution is -3.13. The second kappa shape index (κ2) is 8.92. The van der Waals surface area contributed by atoms with Crippen molar-refractivity contribution in [3.05, 3.63) is 95.6 Å². The number of carbonyl (C=O) groups is 1. The molecule has 0 radical (unpaired) electrons. The number of carbonyl (C=O) groups excluding carboxylic acids is 1. The molecule has 3 aromatic carbocycles. The van der Waals surface area contributed by atoms with Crippen LogP contribution in [0.5, 0.6) is 11.5 Å². The van der Waals surface area contributed by atoms with E-state index >= 15 is 0 Å². The Morgan fingerprint density at radius 3 is 2.26 bits per heavy atom. The molecule has 5 nitrogen and oxygen atoms in total. The van der Waals surface area contributed by atoms with Gasteiger partial charge >= 0.3 is 0 Å². The molecule has 2 N–H and O–H groups in total. The Kier molecular flexibility index (Phi) is 5.69. The van der Waals surface area contributed by atoms with E-state index in [4.69, 9.17) is 9.47 Å². The molecule has 1 unspecified atom stereocenters. The third kappa shape index (κ3) is 4.33. The van der Waals surface area contributed by atoms with Gasteiger partial charge in [0.2, 0.25) is 5.91 Å². The number of quaternary nitrogens is 1. The summed E-state index contributed by atoms with van der Waals surface area (Å²) in [4.78, 5) is 14.8. The maximum atomic E-state index is 13.3. The van der Waals surface area contributed by atoms with E-state index in [0.29, 0.717) is 13.2 Å². The minimum atomic E-state index is -0.377. The number of amides is 1. The van der Waals surface area contributed by atoms with E-state index in [0.717, 1.165) is 42.3 Å². The molecule has 5 rings (SSSR count). The first-order chi connectivity index (χ1) is 15.3. The summed E-state index contributed by atoms with van der Waals surface area (Å²) in [7, 11) is 0. The monoisotopic (exact) mass is 415 g/mol. The van der Waals surface area contributed by atoms with Crippen LogP contribution < -0.4 is 15.0 Å². The minimum absolute atomic E-state index is 0.0121. The molecule has 0 spiro atoms. The minimum Gasteiger partial charge on any atom is -0.457 e. The number of rotatable bonds is 5. The van der Waals surface area contributed by atoms with Crippen molar-refractivity contribution in [1.29, 1.82) is 0 Å². The Morgan fingerprint density at radius 1 is 0.903 bits per heavy atom. The highest BCUT2D eigenvalue weighted by molar-refractivity contribution is 5.89. The first-order valence-electron chi connectivity index (χ1n) is 10.9. The van der Waals surface area contributed by atoms with Crippen molar-refractivity contribution < 1.29 is 19.2 Å². The second-order valence-corrected chi connectivity index (χ2v) is 8.22. The summed E-state index contributed by atoms with van der Waals surface area (Å²) in [6.07, 6.45) is 0.0155. The van der Waals surface area contributed by atoms with Crippen LogP contribution in [0.25, 0.3) is 0 Å². The lowest BCUT2D eigenvalue weighted by atomic mass is 9.87. The lowest BCUT2D eigenvalue weighted by Gasteiger charge is -2.31. The standard InChI is InChI=1S/C26H26N2O3/c29-26(25-21-10-4-6-12-23(21)31-24-13-7-5-11-22(24)25)27-16-20-18-28(14-15-30-20)17-19-8-2-1-3-9-19/h1-13,20,25H,14-18H2,(H,27,29)/p+1/t20-/m1/s1. The SMILES string of the molecule is O=C(NC[C@@H]1C[NH+](Cc2ccccc2)CCO1)C1c2ccccc2Oc2ccccc21. The summed E-state index contributed by atoms with van der Waals surface area (Å²) in [6, 6.07) is 26.1. The summed E-state index contributed by atoms with van der Waals surface area (Å²) in [5.41, 5.74) is 3.14. The van der Waals surface area contributed by atoms with E-state index in [1.807, 2.05) is 54.6 Å². The Labute approximate surface area is 182 Å². The molecule has 2 heterocycles. The highest BCUT2D eigenvalue weighted by Gasteiger charge is 2.33. The summed E-state index contributed by atoms with van der Waals surface area (Å²) in [6.45, 7) is 4.08. The third-order valence-corrected chi connectivity index (χ3v) is 6.07. The normalized spacial score (nSPS) is 20.3. The van der Waals surface area contributed by atoms with Crippen molar-refractivity contribution in [2.75, 3.05) is 26.2 Å². The molecule has 0 aliphatic carbocycles. The van der Waals surface area contributed by atoms with Gasteiger partial charge < -0.3 is 19.7 Å². The van der Waals surface area contributed by atoms with Gasteiger partial charge in [0.05, 0.1) is 12.5 Å². The number of benzene rings is 3. The fraction of sp³-hybridized carbons (Fsp3) is 0.269. The molecule has 2 aliphatic heterocycles. The third-order valence-electron chi connectivity index (χ3n) is 6.07. The van der Waals surface area contributed by atoms with Crippen molar-refractivity contribution in [1.82, 2.24) is 5.32 Å². The smallest absolute Gasteiger partial charge is 0.232 e. The first-order valence-corrected chi connectivity index (χ1v) is 10.9. The van der Waals surface area contributed by atoms with Gasteiger partial charge in [-0.05, 0) is 12.1 Å². The lowest BCUT2D eigenvalue weighted by molar-refractivity contribution is -0.925. The van der Waals surface area contributed by atoms with E-state index in [-0.39, 0.29) is 17.9 Å². The average molecular weight is 416 g/mol. The van der Waals surface area contributed by atoms with E-state index in [2.05, 4.69) is 29.6 Å². The van der Waals surface area contributed by atoms with Crippen molar-refractivity contribution in [3.63, 3.8) is 0 Å². The molecule has 1 saturated heterocycles. The first kappa shape index (κ1) is 19.8. The van der Waals surface area contributed by atoms with Crippen molar-refractivity contribution in [3.8, 4) is 11.5 Å². The molecule has 1 amide bonds. The van der Waals surface area contributed by atoms with E-state index in [9.17, 15) is 4.79 Å². The van der Waals surface area contributed by atoms with Crippen LogP contribution in [-0.4, -0.2) is 38.3 Å². The molecule has 31 heavy (non-hydrogen) atoms. The van der Waals surface area contributed by atoms with Crippen molar-refractivity contribution >= 4 is 5.91 Å². The van der Waals surface area contributed by atoms with Gasteiger partial charge in [-0.15, -0.1) is 0 Å². The molecule has 0 aromatic heterocycles. The fourth-order valence-electron chi connectivity index (χ4n) is 4.54. The summed E-state index contributed by atoms with van der Waals surface area (Å²) < 4.78 is 12.0. The zero-order chi connectivity index (χ0) is 21.0. The Morgan fingerprint density at radius 2 is 1.55 bits per heavy atom. The maximum absolute atomic E-state index is 13.3. The van der Waals surface area contributed by atoms with Crippen LogP contribution in [0.3, 0.4) is 0 Å². The van der Waals surface area contributed by atoms with Crippen molar-refractivity contribution in [2.45, 2.75) is 18.6 Å². The zero-order valence-corrected chi connectivity index (χ0v) is 17.4. The summed E-state index contributed by atoms with van der Waals surface area (Å²) in [5, 5.41) is 3.16. The van der Waals surface area contributed by atoms with Crippen LogP contribution in [0.4, 0.5) is 0 Å². The second-order valence-electron chi connectivity index (χ2n) is 8.22. The number of ether oxygens (including phenoxy) is 2. The molecule has 1 fully saturated rings. The number of morpholine rings is 1. The van der Waals surface area contributed by atoms with Crippen LogP contribution >= 0.6 is 0 Å². The predicted molar refractivity (Wildman–Crippen MR) is 118 cm³/mol. The molecule has 3 aromatic rings.